The maximum Gasteiger partial charge on any atom is 0.194 e. The second-order valence-corrected chi connectivity index (χ2v) is 4.67. The highest BCUT2D eigenvalue weighted by molar-refractivity contribution is 5.71. The maximum atomic E-state index is 13.2. The van der Waals surface area contributed by atoms with Gasteiger partial charge < -0.3 is 10.3 Å². The molecule has 102 valence electrons. The van der Waals surface area contributed by atoms with Crippen molar-refractivity contribution in [2.24, 2.45) is 7.05 Å². The molecule has 2 aromatic rings. The SMILES string of the molecule is CC(C)c1nc(-c2cc(F)c(F)c(F)c2)c(N)n1C. The van der Waals surface area contributed by atoms with E-state index in [1.54, 1.807) is 11.6 Å². The molecule has 3 nitrogen and oxygen atoms in total. The Hall–Kier alpha value is -1.98. The summed E-state index contributed by atoms with van der Waals surface area (Å²) in [6, 6.07) is 1.78. The van der Waals surface area contributed by atoms with Crippen LogP contribution in [-0.4, -0.2) is 9.55 Å². The molecule has 0 unspecified atom stereocenters. The molecule has 1 heterocycles. The number of aromatic nitrogens is 2. The third-order valence-corrected chi connectivity index (χ3v) is 2.95. The van der Waals surface area contributed by atoms with Crippen molar-refractivity contribution < 1.29 is 13.2 Å². The average molecular weight is 269 g/mol. The van der Waals surface area contributed by atoms with Crippen molar-refractivity contribution in [1.29, 1.82) is 0 Å². The number of benzene rings is 1. The molecule has 2 rings (SSSR count). The molecule has 0 amide bonds. The highest BCUT2D eigenvalue weighted by Gasteiger charge is 2.19. The summed E-state index contributed by atoms with van der Waals surface area (Å²) >= 11 is 0. The molecule has 19 heavy (non-hydrogen) atoms. The fraction of sp³-hybridized carbons (Fsp3) is 0.308. The van der Waals surface area contributed by atoms with Gasteiger partial charge in [0, 0.05) is 18.5 Å². The molecule has 1 aromatic carbocycles. The van der Waals surface area contributed by atoms with E-state index in [9.17, 15) is 13.2 Å². The van der Waals surface area contributed by atoms with Crippen LogP contribution in [0.5, 0.6) is 0 Å². The van der Waals surface area contributed by atoms with Gasteiger partial charge in [0.25, 0.3) is 0 Å². The van der Waals surface area contributed by atoms with Gasteiger partial charge >= 0.3 is 0 Å². The van der Waals surface area contributed by atoms with Gasteiger partial charge in [0.15, 0.2) is 17.5 Å². The Morgan fingerprint density at radius 3 is 2.11 bits per heavy atom. The van der Waals surface area contributed by atoms with Crippen molar-refractivity contribution in [3.05, 3.63) is 35.4 Å². The Labute approximate surface area is 108 Å². The summed E-state index contributed by atoms with van der Waals surface area (Å²) in [5, 5.41) is 0. The normalized spacial score (nSPS) is 11.3. The van der Waals surface area contributed by atoms with Gasteiger partial charge in [-0.25, -0.2) is 18.2 Å². The molecule has 0 radical (unpaired) electrons. The number of nitrogens with two attached hydrogens (primary N) is 1. The van der Waals surface area contributed by atoms with Crippen LogP contribution in [0.3, 0.4) is 0 Å². The lowest BCUT2D eigenvalue weighted by Gasteiger charge is -2.04. The van der Waals surface area contributed by atoms with E-state index in [0.29, 0.717) is 5.82 Å². The van der Waals surface area contributed by atoms with Gasteiger partial charge in [0.05, 0.1) is 0 Å². The lowest BCUT2D eigenvalue weighted by molar-refractivity contribution is 0.447. The Morgan fingerprint density at radius 2 is 1.68 bits per heavy atom. The average Bonchev–Trinajstić information content (AvgIpc) is 2.63. The number of halogens is 3. The smallest absolute Gasteiger partial charge is 0.194 e. The molecule has 0 saturated heterocycles. The van der Waals surface area contributed by atoms with Crippen LogP contribution in [0.4, 0.5) is 19.0 Å². The number of anilines is 1. The molecular formula is C13H14F3N3. The van der Waals surface area contributed by atoms with Crippen molar-refractivity contribution >= 4 is 5.82 Å². The molecule has 2 N–H and O–H groups in total. The quantitative estimate of drug-likeness (QED) is 0.851. The predicted octanol–water partition coefficient (Wildman–Crippen LogP) is 3.21. The Bertz CT molecular complexity index is 609. The molecule has 0 aliphatic rings. The Kier molecular flexibility index (Phi) is 3.26. The van der Waals surface area contributed by atoms with Crippen molar-refractivity contribution in [2.75, 3.05) is 5.73 Å². The number of hydrogen-bond acceptors (Lipinski definition) is 2. The predicted molar refractivity (Wildman–Crippen MR) is 67.0 cm³/mol. The molecule has 0 saturated carbocycles. The maximum absolute atomic E-state index is 13.2. The second-order valence-electron chi connectivity index (χ2n) is 4.67. The molecule has 0 fully saturated rings. The van der Waals surface area contributed by atoms with Crippen LogP contribution >= 0.6 is 0 Å². The van der Waals surface area contributed by atoms with E-state index in [1.165, 1.54) is 0 Å². The van der Waals surface area contributed by atoms with Gasteiger partial charge in [0.2, 0.25) is 0 Å². The van der Waals surface area contributed by atoms with E-state index in [4.69, 9.17) is 5.73 Å². The number of rotatable bonds is 2. The summed E-state index contributed by atoms with van der Waals surface area (Å²) in [4.78, 5) is 4.27. The summed E-state index contributed by atoms with van der Waals surface area (Å²) in [7, 11) is 1.72. The fourth-order valence-electron chi connectivity index (χ4n) is 1.95. The van der Waals surface area contributed by atoms with E-state index in [1.807, 2.05) is 13.8 Å². The largest absolute Gasteiger partial charge is 0.383 e. The van der Waals surface area contributed by atoms with Gasteiger partial charge in [-0.1, -0.05) is 13.8 Å². The van der Waals surface area contributed by atoms with Crippen molar-refractivity contribution in [3.8, 4) is 11.3 Å². The first-order valence-corrected chi connectivity index (χ1v) is 5.80. The minimum Gasteiger partial charge on any atom is -0.383 e. The molecule has 0 aliphatic heterocycles. The highest BCUT2D eigenvalue weighted by atomic mass is 19.2. The summed E-state index contributed by atoms with van der Waals surface area (Å²) in [6.45, 7) is 3.86. The Balaban J connectivity index is 2.63. The lowest BCUT2D eigenvalue weighted by Crippen LogP contribution is -2.03. The van der Waals surface area contributed by atoms with E-state index in [2.05, 4.69) is 4.98 Å². The topological polar surface area (TPSA) is 43.8 Å². The number of nitrogen functional groups attached to an aromatic ring is 1. The number of imidazole rings is 1. The highest BCUT2D eigenvalue weighted by Crippen LogP contribution is 2.30. The zero-order chi connectivity index (χ0) is 14.3. The fourth-order valence-corrected chi connectivity index (χ4v) is 1.95. The monoisotopic (exact) mass is 269 g/mol. The third-order valence-electron chi connectivity index (χ3n) is 2.95. The van der Waals surface area contributed by atoms with E-state index in [-0.39, 0.29) is 23.0 Å². The van der Waals surface area contributed by atoms with Crippen LogP contribution in [0.15, 0.2) is 12.1 Å². The first-order valence-electron chi connectivity index (χ1n) is 5.80. The van der Waals surface area contributed by atoms with Gasteiger partial charge in [0.1, 0.15) is 17.3 Å². The summed E-state index contributed by atoms with van der Waals surface area (Å²) in [6.07, 6.45) is 0. The second kappa shape index (κ2) is 4.60. The zero-order valence-corrected chi connectivity index (χ0v) is 10.8. The van der Waals surface area contributed by atoms with E-state index in [0.717, 1.165) is 12.1 Å². The molecule has 0 spiro atoms. The minimum absolute atomic E-state index is 0.108. The van der Waals surface area contributed by atoms with Crippen molar-refractivity contribution in [3.63, 3.8) is 0 Å². The van der Waals surface area contributed by atoms with Gasteiger partial charge in [-0.3, -0.25) is 0 Å². The van der Waals surface area contributed by atoms with Gasteiger partial charge in [-0.2, -0.15) is 0 Å². The molecule has 6 heteroatoms. The van der Waals surface area contributed by atoms with Crippen LogP contribution in [0.2, 0.25) is 0 Å². The van der Waals surface area contributed by atoms with Crippen LogP contribution in [0, 0.1) is 17.5 Å². The van der Waals surface area contributed by atoms with Crippen molar-refractivity contribution in [1.82, 2.24) is 9.55 Å². The number of nitrogens with zero attached hydrogens (tertiary/aromatic N) is 2. The van der Waals surface area contributed by atoms with Crippen LogP contribution < -0.4 is 5.73 Å². The minimum atomic E-state index is -1.50. The van der Waals surface area contributed by atoms with E-state index >= 15 is 0 Å². The van der Waals surface area contributed by atoms with E-state index < -0.39 is 17.5 Å². The van der Waals surface area contributed by atoms with Crippen LogP contribution in [0.1, 0.15) is 25.6 Å². The zero-order valence-electron chi connectivity index (χ0n) is 10.8. The first kappa shape index (κ1) is 13.5. The molecule has 0 bridgehead atoms. The summed E-state index contributed by atoms with van der Waals surface area (Å²) in [5.41, 5.74) is 6.25. The van der Waals surface area contributed by atoms with Crippen molar-refractivity contribution in [2.45, 2.75) is 19.8 Å². The lowest BCUT2D eigenvalue weighted by atomic mass is 10.1. The molecular weight excluding hydrogens is 255 g/mol. The summed E-state index contributed by atoms with van der Waals surface area (Å²) < 4.78 is 41.1. The molecule has 1 aromatic heterocycles. The third kappa shape index (κ3) is 2.18. The first-order chi connectivity index (χ1) is 8.82. The molecule has 0 atom stereocenters. The summed E-state index contributed by atoms with van der Waals surface area (Å²) in [5.74, 6) is -2.93. The standard InChI is InChI=1S/C13H14F3N3/c1-6(2)13-18-11(12(17)19(13)3)7-4-8(14)10(16)9(15)5-7/h4-6H,17H2,1-3H3. The molecule has 0 aliphatic carbocycles. The number of hydrogen-bond donors (Lipinski definition) is 1. The van der Waals surface area contributed by atoms with Gasteiger partial charge in [-0.05, 0) is 12.1 Å². The van der Waals surface area contributed by atoms with Crippen LogP contribution in [-0.2, 0) is 7.05 Å². The van der Waals surface area contributed by atoms with Crippen LogP contribution in [0.25, 0.3) is 11.3 Å². The van der Waals surface area contributed by atoms with Gasteiger partial charge in [-0.15, -0.1) is 0 Å². The Morgan fingerprint density at radius 1 is 1.16 bits per heavy atom.